The first kappa shape index (κ1) is 22.5. The summed E-state index contributed by atoms with van der Waals surface area (Å²) in [7, 11) is 1.51. The zero-order chi connectivity index (χ0) is 22.2. The number of β-amino-alcohol motifs (C(OH)–C–C–N with tert-alkyl or cyclic N) is 1. The first-order chi connectivity index (χ1) is 14.0. The van der Waals surface area contributed by atoms with Crippen molar-refractivity contribution in [1.29, 1.82) is 0 Å². The van der Waals surface area contributed by atoms with Crippen LogP contribution in [0.15, 0.2) is 24.4 Å². The Labute approximate surface area is 185 Å². The van der Waals surface area contributed by atoms with Crippen molar-refractivity contribution >= 4 is 35.0 Å². The van der Waals surface area contributed by atoms with Crippen LogP contribution in [0, 0.1) is 5.41 Å². The van der Waals surface area contributed by atoms with E-state index in [1.807, 2.05) is 20.8 Å². The van der Waals surface area contributed by atoms with E-state index in [-0.39, 0.29) is 24.8 Å². The van der Waals surface area contributed by atoms with Crippen LogP contribution >= 0.6 is 23.2 Å². The Morgan fingerprint density at radius 3 is 2.43 bits per heavy atom. The number of hydrogen-bond acceptors (Lipinski definition) is 5. The summed E-state index contributed by atoms with van der Waals surface area (Å²) in [6.07, 6.45) is 1.11. The summed E-state index contributed by atoms with van der Waals surface area (Å²) >= 11 is 12.2. The Bertz CT molecular complexity index is 936. The molecule has 1 aliphatic heterocycles. The van der Waals surface area contributed by atoms with Crippen LogP contribution in [0.25, 0.3) is 11.3 Å². The zero-order valence-corrected chi connectivity index (χ0v) is 18.8. The molecule has 0 bridgehead atoms. The lowest BCUT2D eigenvalue weighted by Crippen LogP contribution is -2.49. The number of rotatable bonds is 4. The monoisotopic (exact) mass is 453 g/mol. The molecule has 0 spiro atoms. The number of nitrogens with one attached hydrogen (secondary N) is 1. The predicted molar refractivity (Wildman–Crippen MR) is 114 cm³/mol. The Balaban J connectivity index is 1.97. The second kappa shape index (κ2) is 8.53. The summed E-state index contributed by atoms with van der Waals surface area (Å²) in [5.74, 6) is -0.603. The number of likely N-dealkylation sites (tertiary alicyclic amines) is 1. The SMILES string of the molecule is CNC(=O)[C@H]1CC(O)CN1C(=O)C(n1cc(-c2cc(Cl)cc(Cl)c2)nn1)C(C)(C)C. The minimum atomic E-state index is -0.753. The average Bonchev–Trinajstić information content (AvgIpc) is 3.26. The van der Waals surface area contributed by atoms with Gasteiger partial charge in [-0.1, -0.05) is 49.2 Å². The van der Waals surface area contributed by atoms with Crippen LogP contribution in [0.3, 0.4) is 0 Å². The van der Waals surface area contributed by atoms with Gasteiger partial charge in [-0.25, -0.2) is 4.68 Å². The van der Waals surface area contributed by atoms with Crippen molar-refractivity contribution in [2.75, 3.05) is 13.6 Å². The van der Waals surface area contributed by atoms with E-state index in [9.17, 15) is 14.7 Å². The summed E-state index contributed by atoms with van der Waals surface area (Å²) in [6, 6.07) is 3.60. The van der Waals surface area contributed by atoms with Gasteiger partial charge in [0.2, 0.25) is 11.8 Å². The third kappa shape index (κ3) is 4.61. The molecule has 3 atom stereocenters. The molecule has 2 heterocycles. The number of halogens is 2. The Morgan fingerprint density at radius 1 is 1.23 bits per heavy atom. The minimum Gasteiger partial charge on any atom is -0.391 e. The van der Waals surface area contributed by atoms with Crippen LogP contribution in [0.2, 0.25) is 10.0 Å². The second-order valence-electron chi connectivity index (χ2n) is 8.52. The van der Waals surface area contributed by atoms with Crippen molar-refractivity contribution in [2.24, 2.45) is 5.41 Å². The highest BCUT2D eigenvalue weighted by Crippen LogP contribution is 2.35. The van der Waals surface area contributed by atoms with Gasteiger partial charge in [-0.15, -0.1) is 5.10 Å². The molecule has 2 amide bonds. The van der Waals surface area contributed by atoms with Gasteiger partial charge in [0.15, 0.2) is 0 Å². The van der Waals surface area contributed by atoms with Gasteiger partial charge in [-0.2, -0.15) is 0 Å². The summed E-state index contributed by atoms with van der Waals surface area (Å²) in [5, 5.41) is 22.0. The number of benzene rings is 1. The molecule has 8 nitrogen and oxygen atoms in total. The molecule has 2 aromatic rings. The largest absolute Gasteiger partial charge is 0.391 e. The van der Waals surface area contributed by atoms with Crippen molar-refractivity contribution in [1.82, 2.24) is 25.2 Å². The molecule has 2 N–H and O–H groups in total. The van der Waals surface area contributed by atoms with Crippen molar-refractivity contribution < 1.29 is 14.7 Å². The van der Waals surface area contributed by atoms with Crippen molar-refractivity contribution in [2.45, 2.75) is 45.4 Å². The molecule has 10 heteroatoms. The van der Waals surface area contributed by atoms with E-state index in [4.69, 9.17) is 23.2 Å². The Kier molecular flexibility index (Phi) is 6.40. The number of carbonyl (C=O) groups excluding carboxylic acids is 2. The molecule has 30 heavy (non-hydrogen) atoms. The molecular weight excluding hydrogens is 429 g/mol. The van der Waals surface area contributed by atoms with Gasteiger partial charge in [0.05, 0.1) is 12.3 Å². The molecule has 0 saturated carbocycles. The fourth-order valence-electron chi connectivity index (χ4n) is 3.75. The highest BCUT2D eigenvalue weighted by molar-refractivity contribution is 6.35. The summed E-state index contributed by atoms with van der Waals surface area (Å²) in [5.41, 5.74) is 0.666. The quantitative estimate of drug-likeness (QED) is 0.740. The van der Waals surface area contributed by atoms with E-state index < -0.39 is 23.6 Å². The van der Waals surface area contributed by atoms with Gasteiger partial charge in [-0.05, 0) is 23.6 Å². The lowest BCUT2D eigenvalue weighted by atomic mass is 9.85. The number of hydrogen-bond donors (Lipinski definition) is 2. The molecule has 1 aromatic carbocycles. The van der Waals surface area contributed by atoms with Crippen molar-refractivity contribution in [3.63, 3.8) is 0 Å². The van der Waals surface area contributed by atoms with Crippen LogP contribution in [-0.4, -0.2) is 62.6 Å². The van der Waals surface area contributed by atoms with Gasteiger partial charge in [-0.3, -0.25) is 9.59 Å². The van der Waals surface area contributed by atoms with Gasteiger partial charge in [0, 0.05) is 35.6 Å². The van der Waals surface area contributed by atoms with E-state index in [1.54, 1.807) is 24.4 Å². The minimum absolute atomic E-state index is 0.0922. The predicted octanol–water partition coefficient (Wildman–Crippen LogP) is 2.55. The van der Waals surface area contributed by atoms with Crippen LogP contribution in [0.1, 0.15) is 33.2 Å². The zero-order valence-electron chi connectivity index (χ0n) is 17.3. The maximum absolute atomic E-state index is 13.5. The van der Waals surface area contributed by atoms with Crippen LogP contribution in [-0.2, 0) is 9.59 Å². The molecule has 1 saturated heterocycles. The standard InChI is InChI=1S/C20H25Cl2N5O3/c1-20(2,3)17(19(30)26-9-14(28)8-16(26)18(29)23-4)27-10-15(24-25-27)11-5-12(21)7-13(22)6-11/h5-7,10,14,16-17,28H,8-9H2,1-4H3,(H,23,29)/t14?,16-,17?/m1/s1. The van der Waals surface area contributed by atoms with Crippen LogP contribution < -0.4 is 5.32 Å². The fourth-order valence-corrected chi connectivity index (χ4v) is 4.27. The number of amides is 2. The molecule has 3 rings (SSSR count). The first-order valence-electron chi connectivity index (χ1n) is 9.59. The number of carbonyl (C=O) groups is 2. The maximum Gasteiger partial charge on any atom is 0.248 e. The fraction of sp³-hybridized carbons (Fsp3) is 0.500. The molecule has 162 valence electrons. The maximum atomic E-state index is 13.5. The molecule has 1 aliphatic rings. The lowest BCUT2D eigenvalue weighted by Gasteiger charge is -2.34. The number of aliphatic hydroxyl groups is 1. The van der Waals surface area contributed by atoms with Crippen LogP contribution in [0.5, 0.6) is 0 Å². The number of aliphatic hydroxyl groups excluding tert-OH is 1. The van der Waals surface area contributed by atoms with Gasteiger partial charge in [0.1, 0.15) is 17.8 Å². The van der Waals surface area contributed by atoms with E-state index >= 15 is 0 Å². The molecule has 0 radical (unpaired) electrons. The Hall–Kier alpha value is -2.16. The lowest BCUT2D eigenvalue weighted by molar-refractivity contribution is -0.144. The van der Waals surface area contributed by atoms with E-state index in [2.05, 4.69) is 15.6 Å². The molecule has 0 aliphatic carbocycles. The first-order valence-corrected chi connectivity index (χ1v) is 10.3. The normalized spacial score (nSPS) is 20.3. The molecular formula is C20H25Cl2N5O3. The van der Waals surface area contributed by atoms with E-state index in [0.29, 0.717) is 21.3 Å². The number of likely N-dealkylation sites (N-methyl/N-ethyl adjacent to an activating group) is 1. The van der Waals surface area contributed by atoms with E-state index in [0.717, 1.165) is 0 Å². The third-order valence-electron chi connectivity index (χ3n) is 5.10. The summed E-state index contributed by atoms with van der Waals surface area (Å²) < 4.78 is 1.50. The molecule has 1 aromatic heterocycles. The van der Waals surface area contributed by atoms with Gasteiger partial charge in [0.25, 0.3) is 0 Å². The van der Waals surface area contributed by atoms with Crippen molar-refractivity contribution in [3.8, 4) is 11.3 Å². The van der Waals surface area contributed by atoms with Crippen molar-refractivity contribution in [3.05, 3.63) is 34.4 Å². The van der Waals surface area contributed by atoms with Crippen LogP contribution in [0.4, 0.5) is 0 Å². The second-order valence-corrected chi connectivity index (χ2v) is 9.39. The molecule has 2 unspecified atom stereocenters. The summed E-state index contributed by atoms with van der Waals surface area (Å²) in [4.78, 5) is 27.2. The van der Waals surface area contributed by atoms with E-state index in [1.165, 1.54) is 16.6 Å². The molecule has 1 fully saturated rings. The Morgan fingerprint density at radius 2 is 1.87 bits per heavy atom. The summed E-state index contributed by atoms with van der Waals surface area (Å²) in [6.45, 7) is 5.83. The third-order valence-corrected chi connectivity index (χ3v) is 5.53. The topological polar surface area (TPSA) is 100 Å². The number of nitrogens with zero attached hydrogens (tertiary/aromatic N) is 4. The number of aromatic nitrogens is 3. The van der Waals surface area contributed by atoms with Gasteiger partial charge >= 0.3 is 0 Å². The smallest absolute Gasteiger partial charge is 0.248 e. The highest BCUT2D eigenvalue weighted by atomic mass is 35.5. The average molecular weight is 454 g/mol. The van der Waals surface area contributed by atoms with Gasteiger partial charge < -0.3 is 15.3 Å². The highest BCUT2D eigenvalue weighted by Gasteiger charge is 2.45.